The number of halogens is 4. The van der Waals surface area contributed by atoms with Gasteiger partial charge in [-0.15, -0.1) is 23.7 Å². The molecule has 2 rings (SSSR count). The summed E-state index contributed by atoms with van der Waals surface area (Å²) in [6.07, 6.45) is -4.48. The van der Waals surface area contributed by atoms with E-state index in [2.05, 4.69) is 4.98 Å². The molecule has 0 saturated carbocycles. The Morgan fingerprint density at radius 1 is 1.29 bits per heavy atom. The lowest BCUT2D eigenvalue weighted by Crippen LogP contribution is -2.49. The number of amides is 1. The molecule has 0 bridgehead atoms. The molecule has 1 unspecified atom stereocenters. The van der Waals surface area contributed by atoms with Gasteiger partial charge in [0.1, 0.15) is 10.5 Å². The van der Waals surface area contributed by atoms with Gasteiger partial charge in [0.05, 0.1) is 6.54 Å². The van der Waals surface area contributed by atoms with Crippen LogP contribution in [0.3, 0.4) is 0 Å². The first-order valence-corrected chi connectivity index (χ1v) is 7.62. The molecule has 2 N–H and O–H groups in total. The quantitative estimate of drug-likeness (QED) is 0.885. The van der Waals surface area contributed by atoms with Crippen LogP contribution in [0.25, 0.3) is 0 Å². The fourth-order valence-corrected chi connectivity index (χ4v) is 2.95. The third kappa shape index (κ3) is 4.46. The third-order valence-electron chi connectivity index (χ3n) is 3.38. The summed E-state index contributed by atoms with van der Waals surface area (Å²) in [7, 11) is 1.49. The zero-order valence-electron chi connectivity index (χ0n) is 13.0. The Hall–Kier alpha value is -1.64. The zero-order valence-corrected chi connectivity index (χ0v) is 14.6. The first kappa shape index (κ1) is 20.4. The second-order valence-corrected chi connectivity index (χ2v) is 6.30. The van der Waals surface area contributed by atoms with Gasteiger partial charge >= 0.3 is 6.18 Å². The second kappa shape index (κ2) is 7.50. The summed E-state index contributed by atoms with van der Waals surface area (Å²) in [5, 5.41) is 1.14. The molecule has 0 aliphatic heterocycles. The SMILES string of the molecule is CN(Cc1nc(C(F)(F)F)cs1)C(=O)C(C)(N)c1ccccc1.Cl. The maximum atomic E-state index is 12.6. The van der Waals surface area contributed by atoms with Crippen molar-refractivity contribution in [2.75, 3.05) is 7.05 Å². The molecule has 2 aromatic rings. The summed E-state index contributed by atoms with van der Waals surface area (Å²) in [6.45, 7) is 1.55. The van der Waals surface area contributed by atoms with Gasteiger partial charge in [0, 0.05) is 12.4 Å². The summed E-state index contributed by atoms with van der Waals surface area (Å²) >= 11 is 0.863. The molecule has 0 aliphatic rings. The third-order valence-corrected chi connectivity index (χ3v) is 4.21. The summed E-state index contributed by atoms with van der Waals surface area (Å²) in [5.41, 5.74) is 4.54. The topological polar surface area (TPSA) is 59.2 Å². The molecule has 1 aromatic heterocycles. The smallest absolute Gasteiger partial charge is 0.337 e. The van der Waals surface area contributed by atoms with E-state index in [9.17, 15) is 18.0 Å². The maximum Gasteiger partial charge on any atom is 0.434 e. The minimum Gasteiger partial charge on any atom is -0.337 e. The van der Waals surface area contributed by atoms with Crippen molar-refractivity contribution in [3.05, 3.63) is 52.0 Å². The van der Waals surface area contributed by atoms with E-state index in [0.717, 1.165) is 16.7 Å². The molecule has 0 saturated heterocycles. The Labute approximate surface area is 147 Å². The van der Waals surface area contributed by atoms with Crippen molar-refractivity contribution in [1.82, 2.24) is 9.88 Å². The summed E-state index contributed by atoms with van der Waals surface area (Å²) < 4.78 is 37.7. The van der Waals surface area contributed by atoms with Crippen molar-refractivity contribution >= 4 is 29.7 Å². The Bertz CT molecular complexity index is 689. The molecule has 24 heavy (non-hydrogen) atoms. The van der Waals surface area contributed by atoms with Gasteiger partial charge in [-0.05, 0) is 12.5 Å². The van der Waals surface area contributed by atoms with Gasteiger partial charge in [0.15, 0.2) is 5.69 Å². The molecular formula is C15H17ClF3N3OS. The fraction of sp³-hybridized carbons (Fsp3) is 0.333. The minimum atomic E-state index is -4.48. The highest BCUT2D eigenvalue weighted by atomic mass is 35.5. The number of benzene rings is 1. The van der Waals surface area contributed by atoms with Gasteiger partial charge in [0.25, 0.3) is 0 Å². The Morgan fingerprint density at radius 2 is 1.88 bits per heavy atom. The van der Waals surface area contributed by atoms with Crippen LogP contribution in [0.1, 0.15) is 23.2 Å². The predicted octanol–water partition coefficient (Wildman–Crippen LogP) is 3.42. The standard InChI is InChI=1S/C15H16F3N3OS.ClH/c1-14(19,10-6-4-3-5-7-10)13(22)21(2)8-12-20-11(9-23-12)15(16,17)18;/h3-7,9H,8,19H2,1-2H3;1H. The summed E-state index contributed by atoms with van der Waals surface area (Å²) in [5.74, 6) is -0.396. The lowest BCUT2D eigenvalue weighted by Gasteiger charge is -2.29. The van der Waals surface area contributed by atoms with E-state index in [0.29, 0.717) is 5.56 Å². The van der Waals surface area contributed by atoms with E-state index >= 15 is 0 Å². The van der Waals surface area contributed by atoms with Crippen LogP contribution in [0.5, 0.6) is 0 Å². The van der Waals surface area contributed by atoms with Crippen LogP contribution < -0.4 is 5.73 Å². The molecule has 0 fully saturated rings. The van der Waals surface area contributed by atoms with Crippen LogP contribution in [-0.4, -0.2) is 22.8 Å². The zero-order chi connectivity index (χ0) is 17.3. The number of likely N-dealkylation sites (N-methyl/N-ethyl adjacent to an activating group) is 1. The summed E-state index contributed by atoms with van der Waals surface area (Å²) in [4.78, 5) is 17.3. The van der Waals surface area contributed by atoms with Crippen LogP contribution in [0, 0.1) is 0 Å². The van der Waals surface area contributed by atoms with Gasteiger partial charge in [-0.3, -0.25) is 4.79 Å². The highest BCUT2D eigenvalue weighted by Crippen LogP contribution is 2.30. The van der Waals surface area contributed by atoms with Gasteiger partial charge in [-0.25, -0.2) is 4.98 Å². The number of carbonyl (C=O) groups excluding carboxylic acids is 1. The van der Waals surface area contributed by atoms with E-state index in [-0.39, 0.29) is 24.0 Å². The van der Waals surface area contributed by atoms with Gasteiger partial charge in [0.2, 0.25) is 5.91 Å². The average molecular weight is 380 g/mol. The first-order chi connectivity index (χ1) is 10.6. The Kier molecular flexibility index (Phi) is 6.38. The fourth-order valence-electron chi connectivity index (χ4n) is 2.09. The number of nitrogens with zero attached hydrogens (tertiary/aromatic N) is 2. The van der Waals surface area contributed by atoms with E-state index in [1.807, 2.05) is 6.07 Å². The van der Waals surface area contributed by atoms with Gasteiger partial charge in [-0.2, -0.15) is 13.2 Å². The molecule has 1 heterocycles. The molecular weight excluding hydrogens is 363 g/mol. The molecule has 0 aliphatic carbocycles. The van der Waals surface area contributed by atoms with E-state index in [4.69, 9.17) is 5.73 Å². The second-order valence-electron chi connectivity index (χ2n) is 5.35. The van der Waals surface area contributed by atoms with E-state index in [1.54, 1.807) is 31.2 Å². The number of hydrogen-bond acceptors (Lipinski definition) is 4. The van der Waals surface area contributed by atoms with E-state index < -0.39 is 23.3 Å². The van der Waals surface area contributed by atoms with Crippen LogP contribution in [0.15, 0.2) is 35.7 Å². The first-order valence-electron chi connectivity index (χ1n) is 6.74. The predicted molar refractivity (Wildman–Crippen MR) is 88.8 cm³/mol. The van der Waals surface area contributed by atoms with Crippen molar-refractivity contribution in [3.63, 3.8) is 0 Å². The summed E-state index contributed by atoms with van der Waals surface area (Å²) in [6, 6.07) is 8.81. The lowest BCUT2D eigenvalue weighted by atomic mass is 9.92. The van der Waals surface area contributed by atoms with Crippen molar-refractivity contribution in [2.45, 2.75) is 25.2 Å². The Balaban J connectivity index is 0.00000288. The number of alkyl halides is 3. The number of aromatic nitrogens is 1. The monoisotopic (exact) mass is 379 g/mol. The minimum absolute atomic E-state index is 0. The van der Waals surface area contributed by atoms with Crippen molar-refractivity contribution in [1.29, 1.82) is 0 Å². The number of nitrogens with two attached hydrogens (primary N) is 1. The number of hydrogen-bond donors (Lipinski definition) is 1. The molecule has 9 heteroatoms. The molecule has 4 nitrogen and oxygen atoms in total. The van der Waals surface area contributed by atoms with Gasteiger partial charge in [-0.1, -0.05) is 30.3 Å². The number of carbonyl (C=O) groups is 1. The van der Waals surface area contributed by atoms with Gasteiger partial charge < -0.3 is 10.6 Å². The average Bonchev–Trinajstić information content (AvgIpc) is 2.96. The van der Waals surface area contributed by atoms with Crippen LogP contribution in [0.4, 0.5) is 13.2 Å². The lowest BCUT2D eigenvalue weighted by molar-refractivity contribution is -0.140. The van der Waals surface area contributed by atoms with Crippen LogP contribution in [-0.2, 0) is 23.1 Å². The van der Waals surface area contributed by atoms with E-state index in [1.165, 1.54) is 11.9 Å². The van der Waals surface area contributed by atoms with Crippen molar-refractivity contribution in [3.8, 4) is 0 Å². The Morgan fingerprint density at radius 3 is 2.38 bits per heavy atom. The van der Waals surface area contributed by atoms with Crippen LogP contribution in [0.2, 0.25) is 0 Å². The number of rotatable bonds is 4. The van der Waals surface area contributed by atoms with Crippen molar-refractivity contribution in [2.24, 2.45) is 5.73 Å². The highest BCUT2D eigenvalue weighted by molar-refractivity contribution is 7.09. The largest absolute Gasteiger partial charge is 0.434 e. The molecule has 0 spiro atoms. The normalized spacial score (nSPS) is 13.8. The number of thiazole rings is 1. The van der Waals surface area contributed by atoms with Crippen LogP contribution >= 0.6 is 23.7 Å². The maximum absolute atomic E-state index is 12.6. The molecule has 0 radical (unpaired) electrons. The van der Waals surface area contributed by atoms with Crippen molar-refractivity contribution < 1.29 is 18.0 Å². The molecule has 132 valence electrons. The molecule has 1 amide bonds. The highest BCUT2D eigenvalue weighted by Gasteiger charge is 2.35. The molecule has 1 aromatic carbocycles. The molecule has 1 atom stereocenters.